The summed E-state index contributed by atoms with van der Waals surface area (Å²) >= 11 is 0. The van der Waals surface area contributed by atoms with Gasteiger partial charge in [-0.05, 0) is 80.7 Å². The number of ether oxygens (including phenoxy) is 1. The van der Waals surface area contributed by atoms with Gasteiger partial charge < -0.3 is 9.64 Å². The van der Waals surface area contributed by atoms with E-state index in [0.717, 1.165) is 22.8 Å². The third kappa shape index (κ3) is 5.79. The molecule has 2 unspecified atom stereocenters. The third-order valence-corrected chi connectivity index (χ3v) is 10.9. The van der Waals surface area contributed by atoms with Crippen LogP contribution in [0, 0.1) is 0 Å². The number of allylic oxidation sites excluding steroid dienone is 2. The molecule has 8 aromatic carbocycles. The van der Waals surface area contributed by atoms with Crippen LogP contribution < -0.4 is 9.64 Å². The maximum absolute atomic E-state index is 6.45. The lowest BCUT2D eigenvalue weighted by atomic mass is 9.84. The number of anilines is 3. The minimum Gasteiger partial charge on any atom is -0.484 e. The summed E-state index contributed by atoms with van der Waals surface area (Å²) in [5.74, 6) is 1.14. The number of hydrogen-bond acceptors (Lipinski definition) is 2. The quantitative estimate of drug-likeness (QED) is 0.165. The summed E-state index contributed by atoms with van der Waals surface area (Å²) in [4.78, 5) is 2.37. The Bertz CT molecular complexity index is 2650. The van der Waals surface area contributed by atoms with Gasteiger partial charge >= 0.3 is 0 Å². The molecular weight excluding hydrogens is 655 g/mol. The molecule has 0 amide bonds. The van der Waals surface area contributed by atoms with Crippen molar-refractivity contribution >= 4 is 33.4 Å². The molecule has 2 heteroatoms. The molecule has 0 spiro atoms. The Kier molecular flexibility index (Phi) is 8.00. The monoisotopic (exact) mass is 691 g/mol. The van der Waals surface area contributed by atoms with E-state index in [1.165, 1.54) is 60.9 Å². The molecule has 0 N–H and O–H groups in total. The number of benzene rings is 8. The van der Waals surface area contributed by atoms with E-state index >= 15 is 0 Å². The molecular formula is C52H37NO. The van der Waals surface area contributed by atoms with Crippen LogP contribution in [0.2, 0.25) is 0 Å². The molecule has 0 bridgehead atoms. The average Bonchev–Trinajstić information content (AvgIpc) is 3.64. The van der Waals surface area contributed by atoms with Crippen LogP contribution in [0.15, 0.2) is 212 Å². The van der Waals surface area contributed by atoms with Gasteiger partial charge in [-0.3, -0.25) is 0 Å². The van der Waals surface area contributed by atoms with Crippen molar-refractivity contribution in [1.29, 1.82) is 0 Å². The predicted octanol–water partition coefficient (Wildman–Crippen LogP) is 13.8. The van der Waals surface area contributed by atoms with Gasteiger partial charge in [-0.2, -0.15) is 0 Å². The lowest BCUT2D eigenvalue weighted by Crippen LogP contribution is -2.22. The van der Waals surface area contributed by atoms with Gasteiger partial charge in [-0.15, -0.1) is 0 Å². The largest absolute Gasteiger partial charge is 0.484 e. The first-order valence-corrected chi connectivity index (χ1v) is 18.7. The van der Waals surface area contributed by atoms with Crippen LogP contribution >= 0.6 is 0 Å². The molecule has 0 fully saturated rings. The summed E-state index contributed by atoms with van der Waals surface area (Å²) in [5, 5.41) is 2.43. The van der Waals surface area contributed by atoms with Gasteiger partial charge in [0.15, 0.2) is 0 Å². The lowest BCUT2D eigenvalue weighted by molar-refractivity contribution is 0.258. The maximum Gasteiger partial charge on any atom is 0.135 e. The molecule has 1 aliphatic carbocycles. The van der Waals surface area contributed by atoms with Gasteiger partial charge in [0, 0.05) is 33.8 Å². The first-order valence-electron chi connectivity index (χ1n) is 18.7. The second kappa shape index (κ2) is 13.6. The number of para-hydroxylation sites is 1. The molecule has 0 aromatic heterocycles. The SMILES string of the molecule is C1=CC(c2ccc(-c3ccc(N(c4ccc(-c5ccc(-c6ccccc6)cc5)cc4)c4cccc5ccccc45)cc3)cc2)C2Oc3ccccc3C2=C1. The molecule has 0 saturated carbocycles. The van der Waals surface area contributed by atoms with Crippen LogP contribution in [0.5, 0.6) is 5.75 Å². The fourth-order valence-corrected chi connectivity index (χ4v) is 8.10. The molecule has 0 radical (unpaired) electrons. The van der Waals surface area contributed by atoms with Crippen molar-refractivity contribution in [2.45, 2.75) is 12.0 Å². The number of rotatable bonds is 7. The molecule has 2 nitrogen and oxygen atoms in total. The fourth-order valence-electron chi connectivity index (χ4n) is 8.10. The highest BCUT2D eigenvalue weighted by Crippen LogP contribution is 2.46. The Balaban J connectivity index is 0.944. The van der Waals surface area contributed by atoms with Gasteiger partial charge in [0.2, 0.25) is 0 Å². The van der Waals surface area contributed by atoms with Crippen molar-refractivity contribution < 1.29 is 4.74 Å². The lowest BCUT2D eigenvalue weighted by Gasteiger charge is -2.27. The Morgan fingerprint density at radius 2 is 0.944 bits per heavy atom. The van der Waals surface area contributed by atoms with Crippen LogP contribution in [0.4, 0.5) is 17.1 Å². The van der Waals surface area contributed by atoms with Crippen molar-refractivity contribution in [3.8, 4) is 39.1 Å². The molecule has 2 aliphatic rings. The van der Waals surface area contributed by atoms with Crippen LogP contribution in [0.1, 0.15) is 17.0 Å². The number of nitrogens with zero attached hydrogens (tertiary/aromatic N) is 1. The van der Waals surface area contributed by atoms with Gasteiger partial charge in [0.05, 0.1) is 5.69 Å². The van der Waals surface area contributed by atoms with E-state index in [4.69, 9.17) is 4.74 Å². The van der Waals surface area contributed by atoms with Crippen LogP contribution in [-0.4, -0.2) is 6.10 Å². The van der Waals surface area contributed by atoms with Crippen molar-refractivity contribution in [1.82, 2.24) is 0 Å². The first kappa shape index (κ1) is 31.8. The van der Waals surface area contributed by atoms with E-state index in [-0.39, 0.29) is 12.0 Å². The Morgan fingerprint density at radius 3 is 1.61 bits per heavy atom. The van der Waals surface area contributed by atoms with Gasteiger partial charge in [-0.25, -0.2) is 0 Å². The zero-order valence-corrected chi connectivity index (χ0v) is 29.7. The molecule has 0 saturated heterocycles. The summed E-state index contributed by atoms with van der Waals surface area (Å²) in [5.41, 5.74) is 14.3. The zero-order chi connectivity index (χ0) is 35.8. The maximum atomic E-state index is 6.45. The van der Waals surface area contributed by atoms with E-state index in [2.05, 4.69) is 211 Å². The van der Waals surface area contributed by atoms with Gasteiger partial charge in [-0.1, -0.05) is 176 Å². The minimum absolute atomic E-state index is 0.00633. The predicted molar refractivity (Wildman–Crippen MR) is 226 cm³/mol. The normalized spacial score (nSPS) is 15.6. The van der Waals surface area contributed by atoms with E-state index in [9.17, 15) is 0 Å². The molecule has 1 heterocycles. The zero-order valence-electron chi connectivity index (χ0n) is 29.7. The molecule has 1 aliphatic heterocycles. The molecule has 10 rings (SSSR count). The van der Waals surface area contributed by atoms with E-state index < -0.39 is 0 Å². The average molecular weight is 692 g/mol. The highest BCUT2D eigenvalue weighted by Gasteiger charge is 2.35. The first-order chi connectivity index (χ1) is 26.8. The Hall–Kier alpha value is -6.90. The summed E-state index contributed by atoms with van der Waals surface area (Å²) in [6.45, 7) is 0. The Labute approximate surface area is 316 Å². The smallest absolute Gasteiger partial charge is 0.135 e. The number of fused-ring (bicyclic) bond motifs is 4. The highest BCUT2D eigenvalue weighted by atomic mass is 16.5. The van der Waals surface area contributed by atoms with Gasteiger partial charge in [0.25, 0.3) is 0 Å². The topological polar surface area (TPSA) is 12.5 Å². The Morgan fingerprint density at radius 1 is 0.426 bits per heavy atom. The standard InChI is InChI=1S/C52H37NO/c1-2-10-36(11-3-1)37-20-22-38(23-21-37)40-28-32-44(33-29-40)53(50-18-8-13-42-12-4-5-14-46(42)50)45-34-30-41(31-35-45)39-24-26-43(27-25-39)47-16-9-17-49-48-15-6-7-19-51(48)54-52(47)49/h1-35,47,52H. The van der Waals surface area contributed by atoms with Crippen LogP contribution in [0.3, 0.4) is 0 Å². The number of hydrogen-bond donors (Lipinski definition) is 0. The minimum atomic E-state index is 0.00633. The second-order valence-electron chi connectivity index (χ2n) is 14.1. The summed E-state index contributed by atoms with van der Waals surface area (Å²) in [6, 6.07) is 69.8. The van der Waals surface area contributed by atoms with Crippen molar-refractivity contribution in [3.05, 3.63) is 223 Å². The van der Waals surface area contributed by atoms with Crippen molar-refractivity contribution in [3.63, 3.8) is 0 Å². The van der Waals surface area contributed by atoms with Gasteiger partial charge in [0.1, 0.15) is 11.9 Å². The molecule has 256 valence electrons. The summed E-state index contributed by atoms with van der Waals surface area (Å²) in [6.07, 6.45) is 6.64. The van der Waals surface area contributed by atoms with Crippen LogP contribution in [-0.2, 0) is 0 Å². The third-order valence-electron chi connectivity index (χ3n) is 10.9. The van der Waals surface area contributed by atoms with E-state index in [0.29, 0.717) is 0 Å². The van der Waals surface area contributed by atoms with Crippen LogP contribution in [0.25, 0.3) is 49.7 Å². The van der Waals surface area contributed by atoms with E-state index in [1.807, 2.05) is 6.07 Å². The fraction of sp³-hybridized carbons (Fsp3) is 0.0385. The molecule has 54 heavy (non-hydrogen) atoms. The van der Waals surface area contributed by atoms with E-state index in [1.54, 1.807) is 0 Å². The summed E-state index contributed by atoms with van der Waals surface area (Å²) in [7, 11) is 0. The molecule has 2 atom stereocenters. The van der Waals surface area contributed by atoms with Crippen molar-refractivity contribution in [2.24, 2.45) is 0 Å². The van der Waals surface area contributed by atoms with Crippen molar-refractivity contribution in [2.75, 3.05) is 4.90 Å². The highest BCUT2D eigenvalue weighted by molar-refractivity contribution is 5.99. The molecule has 8 aromatic rings. The summed E-state index contributed by atoms with van der Waals surface area (Å²) < 4.78 is 6.45. The second-order valence-corrected chi connectivity index (χ2v) is 14.1.